The minimum atomic E-state index is -0.210. The van der Waals surface area contributed by atoms with Crippen LogP contribution >= 0.6 is 11.3 Å². The topological polar surface area (TPSA) is 69.2 Å². The lowest BCUT2D eigenvalue weighted by molar-refractivity contribution is 0.0963. The van der Waals surface area contributed by atoms with E-state index in [0.29, 0.717) is 31.8 Å². The van der Waals surface area contributed by atoms with E-state index in [2.05, 4.69) is 52.1 Å². The predicted molar refractivity (Wildman–Crippen MR) is 107 cm³/mol. The van der Waals surface area contributed by atoms with Crippen LogP contribution in [-0.2, 0) is 4.74 Å². The van der Waals surface area contributed by atoms with Crippen LogP contribution in [-0.4, -0.2) is 75.3 Å². The van der Waals surface area contributed by atoms with Crippen molar-refractivity contribution in [2.45, 2.75) is 31.8 Å². The number of likely N-dealkylation sites (tertiary alicyclic amines) is 1. The zero-order chi connectivity index (χ0) is 18.9. The Balaban J connectivity index is 1.80. The van der Waals surface area contributed by atoms with Crippen molar-refractivity contribution in [3.05, 3.63) is 22.4 Å². The smallest absolute Gasteiger partial charge is 0.409 e. The molecule has 1 aliphatic heterocycles. The van der Waals surface area contributed by atoms with Gasteiger partial charge in [0.15, 0.2) is 5.96 Å². The molecule has 1 aromatic heterocycles. The highest BCUT2D eigenvalue weighted by atomic mass is 32.1. The van der Waals surface area contributed by atoms with Crippen molar-refractivity contribution >= 4 is 23.4 Å². The Kier molecular flexibility index (Phi) is 8.18. The lowest BCUT2D eigenvalue weighted by Crippen LogP contribution is -2.50. The fourth-order valence-electron chi connectivity index (χ4n) is 3.02. The first-order valence-corrected chi connectivity index (χ1v) is 10.0. The van der Waals surface area contributed by atoms with Crippen LogP contribution in [0.1, 0.15) is 30.7 Å². The molecule has 0 saturated carbocycles. The summed E-state index contributed by atoms with van der Waals surface area (Å²) in [4.78, 5) is 21.5. The van der Waals surface area contributed by atoms with E-state index in [0.717, 1.165) is 25.3 Å². The average molecular weight is 382 g/mol. The van der Waals surface area contributed by atoms with Crippen LogP contribution in [0.5, 0.6) is 0 Å². The minimum Gasteiger partial charge on any atom is -0.450 e. The molecule has 2 rings (SSSR count). The van der Waals surface area contributed by atoms with E-state index >= 15 is 0 Å². The summed E-state index contributed by atoms with van der Waals surface area (Å²) in [5.41, 5.74) is 0. The Hall–Kier alpha value is -1.80. The maximum atomic E-state index is 11.8. The molecule has 1 aromatic rings. The number of rotatable bonds is 6. The maximum Gasteiger partial charge on any atom is 0.409 e. The second-order valence-electron chi connectivity index (χ2n) is 6.55. The Morgan fingerprint density at radius 3 is 2.73 bits per heavy atom. The molecule has 7 nitrogen and oxygen atoms in total. The van der Waals surface area contributed by atoms with Gasteiger partial charge in [-0.1, -0.05) is 6.07 Å². The van der Waals surface area contributed by atoms with Crippen molar-refractivity contribution in [2.24, 2.45) is 4.99 Å². The third kappa shape index (κ3) is 5.88. The SMILES string of the molecule is CCOC(=O)N1CCC(NC(=NC)NCC(c2cccs2)N(C)C)CC1. The van der Waals surface area contributed by atoms with Gasteiger partial charge in [0.25, 0.3) is 0 Å². The molecule has 26 heavy (non-hydrogen) atoms. The van der Waals surface area contributed by atoms with E-state index in [1.54, 1.807) is 23.3 Å². The monoisotopic (exact) mass is 381 g/mol. The summed E-state index contributed by atoms with van der Waals surface area (Å²) in [5, 5.41) is 9.03. The molecule has 1 amide bonds. The van der Waals surface area contributed by atoms with Gasteiger partial charge in [-0.3, -0.25) is 4.99 Å². The van der Waals surface area contributed by atoms with E-state index in [-0.39, 0.29) is 6.09 Å². The van der Waals surface area contributed by atoms with E-state index < -0.39 is 0 Å². The molecule has 8 heteroatoms. The second-order valence-corrected chi connectivity index (χ2v) is 7.53. The first kappa shape index (κ1) is 20.5. The molecular weight excluding hydrogens is 350 g/mol. The number of hydrogen-bond acceptors (Lipinski definition) is 5. The van der Waals surface area contributed by atoms with E-state index in [9.17, 15) is 4.79 Å². The zero-order valence-corrected chi connectivity index (χ0v) is 17.0. The van der Waals surface area contributed by atoms with Crippen molar-refractivity contribution in [1.29, 1.82) is 0 Å². The van der Waals surface area contributed by atoms with Gasteiger partial charge in [-0.05, 0) is 45.3 Å². The third-order valence-electron chi connectivity index (χ3n) is 4.54. The van der Waals surface area contributed by atoms with E-state index in [1.807, 2.05) is 6.92 Å². The molecule has 1 aliphatic rings. The van der Waals surface area contributed by atoms with Crippen LogP contribution in [0, 0.1) is 0 Å². The number of amides is 1. The number of thiophene rings is 1. The van der Waals surface area contributed by atoms with Gasteiger partial charge in [-0.25, -0.2) is 4.79 Å². The lowest BCUT2D eigenvalue weighted by atomic mass is 10.1. The summed E-state index contributed by atoms with van der Waals surface area (Å²) in [5.74, 6) is 0.808. The maximum absolute atomic E-state index is 11.8. The van der Waals surface area contributed by atoms with Gasteiger partial charge in [-0.2, -0.15) is 0 Å². The number of carbonyl (C=O) groups excluding carboxylic acids is 1. The molecule has 0 aromatic carbocycles. The van der Waals surface area contributed by atoms with E-state index in [1.165, 1.54) is 4.88 Å². The number of ether oxygens (including phenoxy) is 1. The highest BCUT2D eigenvalue weighted by Gasteiger charge is 2.24. The standard InChI is InChI=1S/C18H31N5O2S/c1-5-25-18(24)23-10-8-14(9-11-23)21-17(19-2)20-13-15(22(3)4)16-7-6-12-26-16/h6-7,12,14-15H,5,8-11,13H2,1-4H3,(H2,19,20,21). The van der Waals surface area contributed by atoms with Crippen LogP contribution in [0.15, 0.2) is 22.5 Å². The number of carbonyl (C=O) groups is 1. The van der Waals surface area contributed by atoms with Crippen molar-refractivity contribution in [2.75, 3.05) is 47.4 Å². The number of likely N-dealkylation sites (N-methyl/N-ethyl adjacent to an activating group) is 1. The number of aliphatic imine (C=N–C) groups is 1. The van der Waals surface area contributed by atoms with Crippen molar-refractivity contribution < 1.29 is 9.53 Å². The fourth-order valence-corrected chi connectivity index (χ4v) is 3.94. The normalized spacial score (nSPS) is 17.3. The molecule has 146 valence electrons. The Morgan fingerprint density at radius 1 is 1.46 bits per heavy atom. The fraction of sp³-hybridized carbons (Fsp3) is 0.667. The van der Waals surface area contributed by atoms with Crippen LogP contribution in [0.25, 0.3) is 0 Å². The molecule has 0 radical (unpaired) electrons. The van der Waals surface area contributed by atoms with Crippen LogP contribution in [0.3, 0.4) is 0 Å². The first-order valence-electron chi connectivity index (χ1n) is 9.13. The second kappa shape index (κ2) is 10.4. The molecule has 0 bridgehead atoms. The average Bonchev–Trinajstić information content (AvgIpc) is 3.15. The predicted octanol–water partition coefficient (Wildman–Crippen LogP) is 2.14. The molecule has 2 N–H and O–H groups in total. The summed E-state index contributed by atoms with van der Waals surface area (Å²) < 4.78 is 5.07. The molecule has 1 fully saturated rings. The Morgan fingerprint density at radius 2 is 2.19 bits per heavy atom. The largest absolute Gasteiger partial charge is 0.450 e. The van der Waals surface area contributed by atoms with Gasteiger partial charge in [0.1, 0.15) is 0 Å². The molecule has 1 atom stereocenters. The summed E-state index contributed by atoms with van der Waals surface area (Å²) in [6.07, 6.45) is 1.57. The van der Waals surface area contributed by atoms with Gasteiger partial charge >= 0.3 is 6.09 Å². The number of nitrogens with one attached hydrogen (secondary N) is 2. The number of guanidine groups is 1. The molecule has 2 heterocycles. The highest BCUT2D eigenvalue weighted by molar-refractivity contribution is 7.10. The van der Waals surface area contributed by atoms with Crippen molar-refractivity contribution in [3.63, 3.8) is 0 Å². The van der Waals surface area contributed by atoms with Crippen LogP contribution < -0.4 is 10.6 Å². The minimum absolute atomic E-state index is 0.210. The summed E-state index contributed by atoms with van der Waals surface area (Å²) in [7, 11) is 5.97. The molecule has 0 aliphatic carbocycles. The van der Waals surface area contributed by atoms with Crippen molar-refractivity contribution in [1.82, 2.24) is 20.4 Å². The van der Waals surface area contributed by atoms with Crippen molar-refractivity contribution in [3.8, 4) is 0 Å². The van der Waals surface area contributed by atoms with E-state index in [4.69, 9.17) is 4.74 Å². The van der Waals surface area contributed by atoms with Gasteiger partial charge in [0, 0.05) is 37.6 Å². The lowest BCUT2D eigenvalue weighted by Gasteiger charge is -2.32. The number of hydrogen-bond donors (Lipinski definition) is 2. The zero-order valence-electron chi connectivity index (χ0n) is 16.2. The number of nitrogens with zero attached hydrogens (tertiary/aromatic N) is 3. The van der Waals surface area contributed by atoms with Gasteiger partial charge < -0.3 is 25.2 Å². The van der Waals surface area contributed by atoms with Gasteiger partial charge in [-0.15, -0.1) is 11.3 Å². The Bertz CT molecular complexity index is 568. The Labute approximate surface area is 160 Å². The third-order valence-corrected chi connectivity index (χ3v) is 5.52. The summed E-state index contributed by atoms with van der Waals surface area (Å²) >= 11 is 1.77. The molecule has 1 unspecified atom stereocenters. The number of piperidine rings is 1. The quantitative estimate of drug-likeness (QED) is 0.584. The van der Waals surface area contributed by atoms with Gasteiger partial charge in [0.2, 0.25) is 0 Å². The molecular formula is C18H31N5O2S. The molecule has 0 spiro atoms. The van der Waals surface area contributed by atoms with Gasteiger partial charge in [0.05, 0.1) is 12.6 Å². The van der Waals surface area contributed by atoms with Crippen LogP contribution in [0.2, 0.25) is 0 Å². The molecule has 1 saturated heterocycles. The first-order chi connectivity index (χ1) is 12.5. The van der Waals surface area contributed by atoms with Crippen LogP contribution in [0.4, 0.5) is 4.79 Å². The highest BCUT2D eigenvalue weighted by Crippen LogP contribution is 2.22. The summed E-state index contributed by atoms with van der Waals surface area (Å²) in [6, 6.07) is 4.87. The summed E-state index contributed by atoms with van der Waals surface area (Å²) in [6.45, 7) is 4.46.